The van der Waals surface area contributed by atoms with E-state index in [0.717, 1.165) is 78.4 Å². The Kier molecular flexibility index (Phi) is 4.99. The third kappa shape index (κ3) is 3.72. The third-order valence-electron chi connectivity index (χ3n) is 6.50. The lowest BCUT2D eigenvalue weighted by atomic mass is 10.0. The van der Waals surface area contributed by atoms with Gasteiger partial charge < -0.3 is 14.2 Å². The van der Waals surface area contributed by atoms with E-state index < -0.39 is 0 Å². The van der Waals surface area contributed by atoms with E-state index in [4.69, 9.17) is 9.40 Å². The summed E-state index contributed by atoms with van der Waals surface area (Å²) in [4.78, 5) is 14.1. The van der Waals surface area contributed by atoms with Gasteiger partial charge in [-0.15, -0.1) is 10.2 Å². The van der Waals surface area contributed by atoms with Crippen LogP contribution in [0, 0.1) is 0 Å². The molecule has 8 heteroatoms. The molecule has 1 fully saturated rings. The summed E-state index contributed by atoms with van der Waals surface area (Å²) < 4.78 is 7.54. The van der Waals surface area contributed by atoms with Crippen LogP contribution in [0.1, 0.15) is 11.4 Å². The molecule has 1 aliphatic heterocycles. The Hall–Kier alpha value is -3.78. The number of likely N-dealkylation sites (N-methyl/N-ethyl adjacent to an activating group) is 1. The number of benzene rings is 1. The standard InChI is InChI=1S/C25H25N7O/c1-30-10-12-31(13-11-30)24-15-19(7-9-26-24)21-16-27-23(32-17-28-29-25(21)32)6-5-18-3-2-4-22-20(18)8-14-33-22/h2-4,7-9,14-17H,5-6,10-13H2,1H3. The molecular weight excluding hydrogens is 414 g/mol. The summed E-state index contributed by atoms with van der Waals surface area (Å²) in [6, 6.07) is 12.4. The number of anilines is 1. The Morgan fingerprint density at radius 2 is 1.91 bits per heavy atom. The van der Waals surface area contributed by atoms with Crippen molar-refractivity contribution in [1.82, 2.24) is 29.5 Å². The predicted molar refractivity (Wildman–Crippen MR) is 127 cm³/mol. The van der Waals surface area contributed by atoms with Crippen molar-refractivity contribution in [3.63, 3.8) is 0 Å². The molecule has 0 saturated carbocycles. The number of furan rings is 1. The van der Waals surface area contributed by atoms with Gasteiger partial charge >= 0.3 is 0 Å². The Bertz CT molecular complexity index is 1410. The SMILES string of the molecule is CN1CCN(c2cc(-c3cnc(CCc4cccc5occc45)n4cnnc34)ccn2)CC1. The molecule has 0 bridgehead atoms. The van der Waals surface area contributed by atoms with E-state index in [-0.39, 0.29) is 0 Å². The molecule has 0 amide bonds. The molecule has 4 aromatic heterocycles. The van der Waals surface area contributed by atoms with Gasteiger partial charge in [0, 0.05) is 55.9 Å². The van der Waals surface area contributed by atoms with Crippen LogP contribution in [0.15, 0.2) is 65.8 Å². The molecule has 166 valence electrons. The van der Waals surface area contributed by atoms with Gasteiger partial charge in [-0.2, -0.15) is 0 Å². The van der Waals surface area contributed by atoms with Gasteiger partial charge in [-0.05, 0) is 48.9 Å². The summed E-state index contributed by atoms with van der Waals surface area (Å²) in [5.74, 6) is 1.93. The van der Waals surface area contributed by atoms with Crippen molar-refractivity contribution in [2.45, 2.75) is 12.8 Å². The highest BCUT2D eigenvalue weighted by molar-refractivity contribution is 5.81. The van der Waals surface area contributed by atoms with Crippen molar-refractivity contribution >= 4 is 22.4 Å². The summed E-state index contributed by atoms with van der Waals surface area (Å²) in [5.41, 5.74) is 5.00. The van der Waals surface area contributed by atoms with Gasteiger partial charge in [0.1, 0.15) is 23.6 Å². The maximum absolute atomic E-state index is 5.54. The summed E-state index contributed by atoms with van der Waals surface area (Å²) in [5, 5.41) is 9.77. The Morgan fingerprint density at radius 1 is 1.00 bits per heavy atom. The molecule has 6 rings (SSSR count). The molecule has 1 saturated heterocycles. The molecule has 5 heterocycles. The van der Waals surface area contributed by atoms with Gasteiger partial charge in [-0.1, -0.05) is 12.1 Å². The molecule has 1 aliphatic rings. The molecule has 0 spiro atoms. The summed E-state index contributed by atoms with van der Waals surface area (Å²) in [6.07, 6.45) is 8.92. The maximum Gasteiger partial charge on any atom is 0.171 e. The Labute approximate surface area is 191 Å². The number of hydrogen-bond donors (Lipinski definition) is 0. The first-order chi connectivity index (χ1) is 16.3. The Balaban J connectivity index is 1.29. The topological polar surface area (TPSA) is 75.6 Å². The quantitative estimate of drug-likeness (QED) is 0.415. The first kappa shape index (κ1) is 19.9. The van der Waals surface area contributed by atoms with E-state index in [0.29, 0.717) is 0 Å². The van der Waals surface area contributed by atoms with Gasteiger partial charge in [0.15, 0.2) is 5.65 Å². The normalized spacial score (nSPS) is 15.0. The fourth-order valence-electron chi connectivity index (χ4n) is 4.57. The fourth-order valence-corrected chi connectivity index (χ4v) is 4.57. The largest absolute Gasteiger partial charge is 0.464 e. The molecular formula is C25H25N7O. The molecule has 0 aliphatic carbocycles. The monoisotopic (exact) mass is 439 g/mol. The van der Waals surface area contributed by atoms with Crippen LogP contribution in [0.4, 0.5) is 5.82 Å². The van der Waals surface area contributed by atoms with E-state index in [9.17, 15) is 0 Å². The van der Waals surface area contributed by atoms with Crippen LogP contribution in [0.5, 0.6) is 0 Å². The first-order valence-corrected chi connectivity index (χ1v) is 11.3. The van der Waals surface area contributed by atoms with Crippen LogP contribution in [-0.4, -0.2) is 62.7 Å². The zero-order valence-corrected chi connectivity index (χ0v) is 18.6. The maximum atomic E-state index is 5.54. The van der Waals surface area contributed by atoms with Crippen molar-refractivity contribution in [3.05, 3.63) is 72.8 Å². The van der Waals surface area contributed by atoms with Gasteiger partial charge in [0.05, 0.1) is 6.26 Å². The molecule has 33 heavy (non-hydrogen) atoms. The minimum atomic E-state index is 0.780. The number of piperazine rings is 1. The second-order valence-electron chi connectivity index (χ2n) is 8.56. The molecule has 0 unspecified atom stereocenters. The second-order valence-corrected chi connectivity index (χ2v) is 8.56. The van der Waals surface area contributed by atoms with Crippen LogP contribution < -0.4 is 4.90 Å². The first-order valence-electron chi connectivity index (χ1n) is 11.3. The fraction of sp³-hybridized carbons (Fsp3) is 0.280. The van der Waals surface area contributed by atoms with Gasteiger partial charge in [0.25, 0.3) is 0 Å². The second kappa shape index (κ2) is 8.29. The average molecular weight is 440 g/mol. The lowest BCUT2D eigenvalue weighted by Crippen LogP contribution is -2.44. The molecule has 1 aromatic carbocycles. The lowest BCUT2D eigenvalue weighted by Gasteiger charge is -2.33. The lowest BCUT2D eigenvalue weighted by molar-refractivity contribution is 0.312. The van der Waals surface area contributed by atoms with Crippen molar-refractivity contribution in [2.24, 2.45) is 0 Å². The summed E-state index contributed by atoms with van der Waals surface area (Å²) in [7, 11) is 2.16. The summed E-state index contributed by atoms with van der Waals surface area (Å²) >= 11 is 0. The molecule has 0 N–H and O–H groups in total. The minimum Gasteiger partial charge on any atom is -0.464 e. The van der Waals surface area contributed by atoms with Crippen molar-refractivity contribution in [1.29, 1.82) is 0 Å². The summed E-state index contributed by atoms with van der Waals surface area (Å²) in [6.45, 7) is 4.05. The van der Waals surface area contributed by atoms with Crippen LogP contribution in [0.25, 0.3) is 27.7 Å². The van der Waals surface area contributed by atoms with E-state index in [2.05, 4.69) is 44.2 Å². The molecule has 0 radical (unpaired) electrons. The van der Waals surface area contributed by atoms with Crippen LogP contribution in [-0.2, 0) is 12.8 Å². The highest BCUT2D eigenvalue weighted by Crippen LogP contribution is 2.27. The van der Waals surface area contributed by atoms with Crippen LogP contribution >= 0.6 is 0 Å². The number of rotatable bonds is 5. The smallest absolute Gasteiger partial charge is 0.171 e. The van der Waals surface area contributed by atoms with E-state index in [1.165, 1.54) is 5.56 Å². The predicted octanol–water partition coefficient (Wildman–Crippen LogP) is 3.47. The van der Waals surface area contributed by atoms with Gasteiger partial charge in [0.2, 0.25) is 0 Å². The van der Waals surface area contributed by atoms with E-state index in [1.807, 2.05) is 41.1 Å². The molecule has 5 aromatic rings. The van der Waals surface area contributed by atoms with Crippen molar-refractivity contribution < 1.29 is 4.42 Å². The highest BCUT2D eigenvalue weighted by Gasteiger charge is 2.17. The Morgan fingerprint density at radius 3 is 2.82 bits per heavy atom. The van der Waals surface area contributed by atoms with Gasteiger partial charge in [-0.25, -0.2) is 9.97 Å². The number of aromatic nitrogens is 5. The third-order valence-corrected chi connectivity index (χ3v) is 6.50. The minimum absolute atomic E-state index is 0.780. The van der Waals surface area contributed by atoms with Crippen LogP contribution in [0.2, 0.25) is 0 Å². The van der Waals surface area contributed by atoms with Crippen molar-refractivity contribution in [2.75, 3.05) is 38.1 Å². The van der Waals surface area contributed by atoms with Gasteiger partial charge in [-0.3, -0.25) is 4.40 Å². The zero-order chi connectivity index (χ0) is 22.2. The molecule has 8 nitrogen and oxygen atoms in total. The van der Waals surface area contributed by atoms with E-state index in [1.54, 1.807) is 12.6 Å². The number of aryl methyl sites for hydroxylation is 2. The van der Waals surface area contributed by atoms with Crippen LogP contribution in [0.3, 0.4) is 0 Å². The number of hydrogen-bond acceptors (Lipinski definition) is 7. The van der Waals surface area contributed by atoms with E-state index >= 15 is 0 Å². The highest BCUT2D eigenvalue weighted by atomic mass is 16.3. The van der Waals surface area contributed by atoms with Crippen molar-refractivity contribution in [3.8, 4) is 11.1 Å². The number of nitrogens with zero attached hydrogens (tertiary/aromatic N) is 7. The number of fused-ring (bicyclic) bond motifs is 2. The average Bonchev–Trinajstić information content (AvgIpc) is 3.53. The number of pyridine rings is 1. The zero-order valence-electron chi connectivity index (χ0n) is 18.6. The molecule has 0 atom stereocenters.